The Morgan fingerprint density at radius 3 is 2.78 bits per heavy atom. The van der Waals surface area contributed by atoms with E-state index in [-0.39, 0.29) is 11.9 Å². The van der Waals surface area contributed by atoms with Crippen LogP contribution in [0.2, 0.25) is 0 Å². The lowest BCUT2D eigenvalue weighted by molar-refractivity contribution is -0.132. The van der Waals surface area contributed by atoms with E-state index in [2.05, 4.69) is 27.3 Å². The van der Waals surface area contributed by atoms with Crippen molar-refractivity contribution in [2.75, 3.05) is 6.54 Å². The Morgan fingerprint density at radius 1 is 1.15 bits per heavy atom. The zero-order chi connectivity index (χ0) is 18.5. The van der Waals surface area contributed by atoms with Gasteiger partial charge in [0.15, 0.2) is 0 Å². The predicted molar refractivity (Wildman–Crippen MR) is 101 cm³/mol. The van der Waals surface area contributed by atoms with E-state index in [1.165, 1.54) is 5.56 Å². The first kappa shape index (κ1) is 17.4. The number of hydrogen-bond acceptors (Lipinski definition) is 5. The number of likely N-dealkylation sites (tertiary alicyclic amines) is 1. The summed E-state index contributed by atoms with van der Waals surface area (Å²) in [5.74, 6) is 1.19. The molecule has 2 aromatic heterocycles. The summed E-state index contributed by atoms with van der Waals surface area (Å²) in [6, 6.07) is 14.3. The second-order valence-corrected chi connectivity index (χ2v) is 6.82. The Morgan fingerprint density at radius 2 is 1.96 bits per heavy atom. The Bertz CT molecular complexity index is 879. The summed E-state index contributed by atoms with van der Waals surface area (Å²) >= 11 is 0. The molecule has 3 heterocycles. The molecule has 3 aromatic rings. The number of pyridine rings is 1. The molecule has 0 aliphatic carbocycles. The standard InChI is InChI=1S/C21H22N4O2/c26-20(25-14-4-7-18(25)15-16-5-2-1-3-6-16)9-8-19-23-21(24-27-19)17-10-12-22-13-11-17/h1-3,5-6,10-13,18H,4,7-9,14-15H2. The van der Waals surface area contributed by atoms with E-state index in [4.69, 9.17) is 4.52 Å². The fourth-order valence-electron chi connectivity index (χ4n) is 3.59. The summed E-state index contributed by atoms with van der Waals surface area (Å²) in [5.41, 5.74) is 2.13. The van der Waals surface area contributed by atoms with Gasteiger partial charge in [0.2, 0.25) is 17.6 Å². The molecule has 6 heteroatoms. The molecule has 0 N–H and O–H groups in total. The second kappa shape index (κ2) is 8.12. The number of carbonyl (C=O) groups excluding carboxylic acids is 1. The topological polar surface area (TPSA) is 72.1 Å². The van der Waals surface area contributed by atoms with Gasteiger partial charge in [0, 0.05) is 43.4 Å². The second-order valence-electron chi connectivity index (χ2n) is 6.82. The maximum atomic E-state index is 12.7. The lowest BCUT2D eigenvalue weighted by atomic mass is 10.0. The highest BCUT2D eigenvalue weighted by Gasteiger charge is 2.28. The molecule has 138 valence electrons. The molecule has 4 rings (SSSR count). The largest absolute Gasteiger partial charge is 0.339 e. The van der Waals surface area contributed by atoms with E-state index >= 15 is 0 Å². The summed E-state index contributed by atoms with van der Waals surface area (Å²) in [6.07, 6.45) is 7.28. The first-order valence-corrected chi connectivity index (χ1v) is 9.36. The summed E-state index contributed by atoms with van der Waals surface area (Å²) in [6.45, 7) is 0.836. The molecular formula is C21H22N4O2. The number of aryl methyl sites for hydroxylation is 1. The van der Waals surface area contributed by atoms with E-state index < -0.39 is 0 Å². The summed E-state index contributed by atoms with van der Waals surface area (Å²) in [4.78, 5) is 23.1. The van der Waals surface area contributed by atoms with Gasteiger partial charge in [0.05, 0.1) is 0 Å². The zero-order valence-electron chi connectivity index (χ0n) is 15.1. The molecule has 1 atom stereocenters. The van der Waals surface area contributed by atoms with Crippen LogP contribution in [0.4, 0.5) is 0 Å². The van der Waals surface area contributed by atoms with E-state index in [0.717, 1.165) is 31.4 Å². The summed E-state index contributed by atoms with van der Waals surface area (Å²) < 4.78 is 5.30. The van der Waals surface area contributed by atoms with Crippen LogP contribution in [0.3, 0.4) is 0 Å². The molecule has 1 fully saturated rings. The lowest BCUT2D eigenvalue weighted by Gasteiger charge is -2.24. The van der Waals surface area contributed by atoms with Gasteiger partial charge in [-0.1, -0.05) is 35.5 Å². The normalized spacial score (nSPS) is 16.6. The van der Waals surface area contributed by atoms with E-state index in [1.54, 1.807) is 12.4 Å². The number of benzene rings is 1. The van der Waals surface area contributed by atoms with Crippen LogP contribution >= 0.6 is 0 Å². The highest BCUT2D eigenvalue weighted by Crippen LogP contribution is 2.23. The quantitative estimate of drug-likeness (QED) is 0.673. The number of nitrogens with zero attached hydrogens (tertiary/aromatic N) is 4. The minimum Gasteiger partial charge on any atom is -0.339 e. The van der Waals surface area contributed by atoms with Crippen LogP contribution in [0.5, 0.6) is 0 Å². The van der Waals surface area contributed by atoms with E-state index in [1.807, 2.05) is 35.2 Å². The van der Waals surface area contributed by atoms with Crippen molar-refractivity contribution in [3.8, 4) is 11.4 Å². The lowest BCUT2D eigenvalue weighted by Crippen LogP contribution is -2.36. The number of aromatic nitrogens is 3. The van der Waals surface area contributed by atoms with Crippen LogP contribution in [-0.4, -0.2) is 38.5 Å². The smallest absolute Gasteiger partial charge is 0.227 e. The highest BCUT2D eigenvalue weighted by molar-refractivity contribution is 5.77. The van der Waals surface area contributed by atoms with Crippen molar-refractivity contribution in [2.45, 2.75) is 38.1 Å². The maximum absolute atomic E-state index is 12.7. The zero-order valence-corrected chi connectivity index (χ0v) is 15.1. The van der Waals surface area contributed by atoms with Crippen molar-refractivity contribution in [3.05, 3.63) is 66.3 Å². The van der Waals surface area contributed by atoms with Gasteiger partial charge in [-0.05, 0) is 37.0 Å². The average molecular weight is 362 g/mol. The van der Waals surface area contributed by atoms with Crippen molar-refractivity contribution in [3.63, 3.8) is 0 Å². The van der Waals surface area contributed by atoms with Gasteiger partial charge in [-0.2, -0.15) is 4.98 Å². The molecule has 1 aromatic carbocycles. The van der Waals surface area contributed by atoms with Crippen LogP contribution in [-0.2, 0) is 17.6 Å². The Labute approximate surface area is 158 Å². The van der Waals surface area contributed by atoms with Crippen molar-refractivity contribution in [2.24, 2.45) is 0 Å². The minimum atomic E-state index is 0.164. The molecule has 0 bridgehead atoms. The number of carbonyl (C=O) groups is 1. The average Bonchev–Trinajstić information content (AvgIpc) is 3.37. The van der Waals surface area contributed by atoms with Gasteiger partial charge >= 0.3 is 0 Å². The predicted octanol–water partition coefficient (Wildman–Crippen LogP) is 3.30. The molecule has 0 spiro atoms. The third-order valence-electron chi connectivity index (χ3n) is 4.97. The molecule has 6 nitrogen and oxygen atoms in total. The van der Waals surface area contributed by atoms with Crippen molar-refractivity contribution >= 4 is 5.91 Å². The SMILES string of the molecule is O=C(CCc1nc(-c2ccncc2)no1)N1CCCC1Cc1ccccc1. The van der Waals surface area contributed by atoms with Crippen molar-refractivity contribution in [1.29, 1.82) is 0 Å². The monoisotopic (exact) mass is 362 g/mol. The van der Waals surface area contributed by atoms with Crippen LogP contribution in [0.15, 0.2) is 59.4 Å². The Hall–Kier alpha value is -3.02. The summed E-state index contributed by atoms with van der Waals surface area (Å²) in [5, 5.41) is 3.99. The molecule has 1 saturated heterocycles. The number of rotatable bonds is 6. The number of hydrogen-bond donors (Lipinski definition) is 0. The molecule has 1 amide bonds. The molecular weight excluding hydrogens is 340 g/mol. The van der Waals surface area contributed by atoms with Gasteiger partial charge in [-0.15, -0.1) is 0 Å². The van der Waals surface area contributed by atoms with Gasteiger partial charge in [-0.25, -0.2) is 0 Å². The molecule has 1 aliphatic rings. The molecule has 1 aliphatic heterocycles. The maximum Gasteiger partial charge on any atom is 0.227 e. The van der Waals surface area contributed by atoms with Gasteiger partial charge < -0.3 is 9.42 Å². The fraction of sp³-hybridized carbons (Fsp3) is 0.333. The minimum absolute atomic E-state index is 0.164. The Balaban J connectivity index is 1.34. The first-order valence-electron chi connectivity index (χ1n) is 9.36. The van der Waals surface area contributed by atoms with E-state index in [9.17, 15) is 4.79 Å². The van der Waals surface area contributed by atoms with Crippen LogP contribution in [0.25, 0.3) is 11.4 Å². The van der Waals surface area contributed by atoms with Crippen LogP contribution in [0.1, 0.15) is 30.7 Å². The molecule has 0 saturated carbocycles. The van der Waals surface area contributed by atoms with Gasteiger partial charge in [0.25, 0.3) is 0 Å². The van der Waals surface area contributed by atoms with Gasteiger partial charge in [0.1, 0.15) is 0 Å². The third-order valence-corrected chi connectivity index (χ3v) is 4.97. The molecule has 1 unspecified atom stereocenters. The third kappa shape index (κ3) is 4.22. The summed E-state index contributed by atoms with van der Waals surface area (Å²) in [7, 11) is 0. The van der Waals surface area contributed by atoms with E-state index in [0.29, 0.717) is 24.6 Å². The first-order chi connectivity index (χ1) is 13.3. The fourth-order valence-corrected chi connectivity index (χ4v) is 3.59. The molecule has 27 heavy (non-hydrogen) atoms. The highest BCUT2D eigenvalue weighted by atomic mass is 16.5. The molecule has 0 radical (unpaired) electrons. The van der Waals surface area contributed by atoms with Crippen molar-refractivity contribution < 1.29 is 9.32 Å². The van der Waals surface area contributed by atoms with Gasteiger partial charge in [-0.3, -0.25) is 9.78 Å². The number of amides is 1. The Kier molecular flexibility index (Phi) is 5.23. The van der Waals surface area contributed by atoms with Crippen LogP contribution in [0, 0.1) is 0 Å². The van der Waals surface area contributed by atoms with Crippen LogP contribution < -0.4 is 0 Å². The van der Waals surface area contributed by atoms with Crippen molar-refractivity contribution in [1.82, 2.24) is 20.0 Å².